The van der Waals surface area contributed by atoms with Crippen molar-refractivity contribution < 1.29 is 9.53 Å². The molecule has 0 aliphatic carbocycles. The number of hydrogen-bond acceptors (Lipinski definition) is 3. The van der Waals surface area contributed by atoms with E-state index >= 15 is 0 Å². The van der Waals surface area contributed by atoms with Gasteiger partial charge in [-0.1, -0.05) is 32.8 Å². The number of carbonyl (C=O) groups excluding carboxylic acids is 1. The van der Waals surface area contributed by atoms with E-state index in [4.69, 9.17) is 10.5 Å². The van der Waals surface area contributed by atoms with Crippen molar-refractivity contribution in [2.75, 3.05) is 11.9 Å². The number of carbonyl (C=O) groups is 1. The van der Waals surface area contributed by atoms with Gasteiger partial charge in [0.15, 0.2) is 0 Å². The molecular weight excluding hydrogens is 276 g/mol. The van der Waals surface area contributed by atoms with E-state index in [1.807, 2.05) is 31.2 Å². The Labute approximate surface area is 127 Å². The standard InChI is InChI=1S/C15H24N2O2.ClH/c1-3-5-10-19-13-9-6-8-12(11-13)17-15(18)14(16)7-4-2;/h6,8-9,11,14H,3-5,7,10,16H2,1-2H3,(H,17,18);1H. The van der Waals surface area contributed by atoms with Gasteiger partial charge in [-0.25, -0.2) is 0 Å². The quantitative estimate of drug-likeness (QED) is 0.724. The minimum absolute atomic E-state index is 0. The van der Waals surface area contributed by atoms with Crippen LogP contribution in [0.1, 0.15) is 39.5 Å². The molecule has 0 aromatic heterocycles. The molecule has 0 saturated heterocycles. The van der Waals surface area contributed by atoms with Gasteiger partial charge >= 0.3 is 0 Å². The van der Waals surface area contributed by atoms with Gasteiger partial charge in [-0.15, -0.1) is 12.4 Å². The van der Waals surface area contributed by atoms with Gasteiger partial charge < -0.3 is 15.8 Å². The molecule has 1 unspecified atom stereocenters. The highest BCUT2D eigenvalue weighted by Crippen LogP contribution is 2.18. The molecule has 0 radical (unpaired) electrons. The first kappa shape index (κ1) is 18.7. The van der Waals surface area contributed by atoms with E-state index < -0.39 is 6.04 Å². The maximum atomic E-state index is 11.8. The summed E-state index contributed by atoms with van der Waals surface area (Å²) in [5.41, 5.74) is 6.50. The fraction of sp³-hybridized carbons (Fsp3) is 0.533. The van der Waals surface area contributed by atoms with Gasteiger partial charge in [-0.3, -0.25) is 4.79 Å². The molecule has 114 valence electrons. The third-order valence-corrected chi connectivity index (χ3v) is 2.80. The summed E-state index contributed by atoms with van der Waals surface area (Å²) in [6, 6.07) is 6.96. The number of unbranched alkanes of at least 4 members (excludes halogenated alkanes) is 1. The summed E-state index contributed by atoms with van der Waals surface area (Å²) < 4.78 is 5.59. The molecule has 4 nitrogen and oxygen atoms in total. The fourth-order valence-electron chi connectivity index (χ4n) is 1.68. The SMILES string of the molecule is CCCCOc1cccc(NC(=O)C(N)CCC)c1.Cl. The second-order valence-electron chi connectivity index (χ2n) is 4.61. The van der Waals surface area contributed by atoms with Crippen LogP contribution in [0.3, 0.4) is 0 Å². The van der Waals surface area contributed by atoms with Crippen LogP contribution in [0.15, 0.2) is 24.3 Å². The van der Waals surface area contributed by atoms with Gasteiger partial charge in [-0.05, 0) is 25.0 Å². The van der Waals surface area contributed by atoms with Crippen molar-refractivity contribution >= 4 is 24.0 Å². The van der Waals surface area contributed by atoms with E-state index in [0.29, 0.717) is 13.0 Å². The smallest absolute Gasteiger partial charge is 0.241 e. The van der Waals surface area contributed by atoms with Crippen LogP contribution >= 0.6 is 12.4 Å². The van der Waals surface area contributed by atoms with Crippen molar-refractivity contribution in [3.8, 4) is 5.75 Å². The highest BCUT2D eigenvalue weighted by molar-refractivity contribution is 5.94. The lowest BCUT2D eigenvalue weighted by Gasteiger charge is -2.12. The molecule has 0 bridgehead atoms. The number of anilines is 1. The first-order valence-corrected chi connectivity index (χ1v) is 6.96. The molecule has 1 aromatic rings. The Morgan fingerprint density at radius 2 is 2.10 bits per heavy atom. The van der Waals surface area contributed by atoms with Crippen LogP contribution in [0.2, 0.25) is 0 Å². The van der Waals surface area contributed by atoms with Crippen molar-refractivity contribution in [3.05, 3.63) is 24.3 Å². The zero-order chi connectivity index (χ0) is 14.1. The summed E-state index contributed by atoms with van der Waals surface area (Å²) in [5, 5.41) is 2.81. The van der Waals surface area contributed by atoms with E-state index in [1.165, 1.54) is 0 Å². The average Bonchev–Trinajstić information content (AvgIpc) is 2.40. The third kappa shape index (κ3) is 6.78. The first-order valence-electron chi connectivity index (χ1n) is 6.96. The predicted octanol–water partition coefficient (Wildman–Crippen LogP) is 3.35. The number of hydrogen-bond donors (Lipinski definition) is 2. The van der Waals surface area contributed by atoms with E-state index in [-0.39, 0.29) is 18.3 Å². The van der Waals surface area contributed by atoms with Crippen molar-refractivity contribution in [2.24, 2.45) is 5.73 Å². The molecule has 1 rings (SSSR count). The van der Waals surface area contributed by atoms with Gasteiger partial charge in [0.2, 0.25) is 5.91 Å². The van der Waals surface area contributed by atoms with Gasteiger partial charge in [0.05, 0.1) is 12.6 Å². The van der Waals surface area contributed by atoms with Crippen molar-refractivity contribution in [3.63, 3.8) is 0 Å². The van der Waals surface area contributed by atoms with Crippen LogP contribution in [0, 0.1) is 0 Å². The van der Waals surface area contributed by atoms with Crippen molar-refractivity contribution in [1.29, 1.82) is 0 Å². The molecule has 0 aliphatic heterocycles. The molecule has 0 saturated carbocycles. The largest absolute Gasteiger partial charge is 0.494 e. The van der Waals surface area contributed by atoms with Gasteiger partial charge in [0.1, 0.15) is 5.75 Å². The lowest BCUT2D eigenvalue weighted by Crippen LogP contribution is -2.35. The Hall–Kier alpha value is -1.26. The number of nitrogens with one attached hydrogen (secondary N) is 1. The predicted molar refractivity (Wildman–Crippen MR) is 85.6 cm³/mol. The number of nitrogens with two attached hydrogens (primary N) is 1. The Morgan fingerprint density at radius 3 is 2.75 bits per heavy atom. The van der Waals surface area contributed by atoms with Gasteiger partial charge in [0, 0.05) is 11.8 Å². The minimum atomic E-state index is -0.449. The second kappa shape index (κ2) is 10.5. The van der Waals surface area contributed by atoms with Crippen LogP contribution in [-0.4, -0.2) is 18.6 Å². The normalized spacial score (nSPS) is 11.3. The number of benzene rings is 1. The minimum Gasteiger partial charge on any atom is -0.494 e. The van der Waals surface area contributed by atoms with E-state index in [1.54, 1.807) is 0 Å². The Balaban J connectivity index is 0.00000361. The molecular formula is C15H25ClN2O2. The Bertz CT molecular complexity index is 399. The number of ether oxygens (including phenoxy) is 1. The molecule has 5 heteroatoms. The van der Waals surface area contributed by atoms with E-state index in [9.17, 15) is 4.79 Å². The Morgan fingerprint density at radius 1 is 1.35 bits per heavy atom. The molecule has 3 N–H and O–H groups in total. The molecule has 0 spiro atoms. The zero-order valence-corrected chi connectivity index (χ0v) is 13.0. The maximum Gasteiger partial charge on any atom is 0.241 e. The Kier molecular flexibility index (Phi) is 9.86. The van der Waals surface area contributed by atoms with Crippen molar-refractivity contribution in [2.45, 2.75) is 45.6 Å². The molecule has 0 fully saturated rings. The van der Waals surface area contributed by atoms with Crippen molar-refractivity contribution in [1.82, 2.24) is 0 Å². The van der Waals surface area contributed by atoms with Crippen LogP contribution in [0.5, 0.6) is 5.75 Å². The summed E-state index contributed by atoms with van der Waals surface area (Å²) in [6.07, 6.45) is 3.72. The summed E-state index contributed by atoms with van der Waals surface area (Å²) in [4.78, 5) is 11.8. The van der Waals surface area contributed by atoms with E-state index in [0.717, 1.165) is 30.7 Å². The topological polar surface area (TPSA) is 64.3 Å². The monoisotopic (exact) mass is 300 g/mol. The molecule has 1 amide bonds. The lowest BCUT2D eigenvalue weighted by atomic mass is 10.1. The molecule has 1 aromatic carbocycles. The first-order chi connectivity index (χ1) is 9.17. The van der Waals surface area contributed by atoms with Crippen LogP contribution < -0.4 is 15.8 Å². The zero-order valence-electron chi connectivity index (χ0n) is 12.2. The lowest BCUT2D eigenvalue weighted by molar-refractivity contribution is -0.117. The van der Waals surface area contributed by atoms with Gasteiger partial charge in [0.25, 0.3) is 0 Å². The summed E-state index contributed by atoms with van der Waals surface area (Å²) in [6.45, 7) is 4.83. The van der Waals surface area contributed by atoms with E-state index in [2.05, 4.69) is 12.2 Å². The van der Waals surface area contributed by atoms with Crippen LogP contribution in [-0.2, 0) is 4.79 Å². The molecule has 0 heterocycles. The highest BCUT2D eigenvalue weighted by atomic mass is 35.5. The number of halogens is 1. The maximum absolute atomic E-state index is 11.8. The average molecular weight is 301 g/mol. The summed E-state index contributed by atoms with van der Waals surface area (Å²) >= 11 is 0. The molecule has 0 aliphatic rings. The summed E-state index contributed by atoms with van der Waals surface area (Å²) in [7, 11) is 0. The van der Waals surface area contributed by atoms with Crippen LogP contribution in [0.25, 0.3) is 0 Å². The number of amides is 1. The third-order valence-electron chi connectivity index (χ3n) is 2.80. The molecule has 20 heavy (non-hydrogen) atoms. The summed E-state index contributed by atoms with van der Waals surface area (Å²) in [5.74, 6) is 0.628. The second-order valence-corrected chi connectivity index (χ2v) is 4.61. The molecule has 1 atom stereocenters. The fourth-order valence-corrected chi connectivity index (χ4v) is 1.68. The van der Waals surface area contributed by atoms with Gasteiger partial charge in [-0.2, -0.15) is 0 Å². The van der Waals surface area contributed by atoms with Crippen LogP contribution in [0.4, 0.5) is 5.69 Å². The number of rotatable bonds is 8. The highest BCUT2D eigenvalue weighted by Gasteiger charge is 2.12.